The van der Waals surface area contributed by atoms with Crippen LogP contribution in [0.1, 0.15) is 63.3 Å². The Balaban J connectivity index is 1.51. The average Bonchev–Trinajstić information content (AvgIpc) is 3.22. The van der Waals surface area contributed by atoms with Crippen molar-refractivity contribution in [3.8, 4) is 0 Å². The van der Waals surface area contributed by atoms with Crippen molar-refractivity contribution in [2.45, 2.75) is 71.7 Å². The fraction of sp³-hybridized carbons (Fsp3) is 0.583. The van der Waals surface area contributed by atoms with E-state index in [0.29, 0.717) is 19.0 Å². The Hall–Kier alpha value is -2.38. The smallest absolute Gasteiger partial charge is 0.213 e. The second-order valence-electron chi connectivity index (χ2n) is 9.24. The van der Waals surface area contributed by atoms with E-state index in [9.17, 15) is 5.11 Å². The van der Waals surface area contributed by atoms with Crippen LogP contribution < -0.4 is 10.6 Å². The molecule has 3 rings (SSSR count). The number of benzene rings is 1. The van der Waals surface area contributed by atoms with Crippen LogP contribution in [0.25, 0.3) is 0 Å². The molecule has 7 nitrogen and oxygen atoms in total. The highest BCUT2D eigenvalue weighted by Gasteiger charge is 2.19. The Kier molecular flexibility index (Phi) is 8.09. The largest absolute Gasteiger partial charge is 0.443 e. The van der Waals surface area contributed by atoms with Gasteiger partial charge in [0, 0.05) is 31.6 Å². The summed E-state index contributed by atoms with van der Waals surface area (Å²) < 4.78 is 5.85. The second-order valence-corrected chi connectivity index (χ2v) is 9.24. The van der Waals surface area contributed by atoms with Crippen LogP contribution >= 0.6 is 0 Å². The van der Waals surface area contributed by atoms with Gasteiger partial charge in [0.15, 0.2) is 5.96 Å². The molecule has 1 fully saturated rings. The molecule has 1 aliphatic heterocycles. The monoisotopic (exact) mass is 427 g/mol. The maximum atomic E-state index is 9.65. The molecule has 0 amide bonds. The predicted molar refractivity (Wildman–Crippen MR) is 124 cm³/mol. The van der Waals surface area contributed by atoms with Gasteiger partial charge in [-0.2, -0.15) is 0 Å². The van der Waals surface area contributed by atoms with Gasteiger partial charge >= 0.3 is 0 Å². The molecule has 0 spiro atoms. The van der Waals surface area contributed by atoms with Gasteiger partial charge in [0.05, 0.1) is 25.4 Å². The molecule has 1 aromatic carbocycles. The lowest BCUT2D eigenvalue weighted by Gasteiger charge is -2.29. The van der Waals surface area contributed by atoms with Crippen molar-refractivity contribution in [2.75, 3.05) is 19.6 Å². The fourth-order valence-corrected chi connectivity index (χ4v) is 3.50. The van der Waals surface area contributed by atoms with Gasteiger partial charge in [-0.3, -0.25) is 4.90 Å². The van der Waals surface area contributed by atoms with Gasteiger partial charge in [0.2, 0.25) is 5.89 Å². The van der Waals surface area contributed by atoms with E-state index in [1.807, 2.05) is 0 Å². The number of aromatic nitrogens is 1. The summed E-state index contributed by atoms with van der Waals surface area (Å²) in [5.74, 6) is 2.28. The normalized spacial score (nSPS) is 16.5. The minimum Gasteiger partial charge on any atom is -0.443 e. The number of aliphatic hydroxyl groups is 1. The van der Waals surface area contributed by atoms with Crippen LogP contribution in [0.3, 0.4) is 0 Å². The maximum absolute atomic E-state index is 9.65. The highest BCUT2D eigenvalue weighted by atomic mass is 16.4. The van der Waals surface area contributed by atoms with E-state index in [4.69, 9.17) is 9.41 Å². The van der Waals surface area contributed by atoms with Crippen molar-refractivity contribution in [1.82, 2.24) is 20.5 Å². The summed E-state index contributed by atoms with van der Waals surface area (Å²) in [7, 11) is 0. The van der Waals surface area contributed by atoms with Gasteiger partial charge in [-0.1, -0.05) is 45.0 Å². The van der Waals surface area contributed by atoms with Crippen LogP contribution in [0.2, 0.25) is 0 Å². The standard InChI is InChI=1S/C24H37N5O2/c1-5-25-23(28-16-22-26-15-21(31-22)24(2,3)4)27-14-18-6-8-19(9-7-18)17-29-12-10-20(30)11-13-29/h6-9,15,20,30H,5,10-14,16-17H2,1-4H3,(H2,25,27,28). The van der Waals surface area contributed by atoms with E-state index in [2.05, 4.69) is 72.5 Å². The average molecular weight is 428 g/mol. The third-order valence-electron chi connectivity index (χ3n) is 5.45. The van der Waals surface area contributed by atoms with Crippen molar-refractivity contribution in [1.29, 1.82) is 0 Å². The highest BCUT2D eigenvalue weighted by molar-refractivity contribution is 5.79. The molecule has 0 unspecified atom stereocenters. The lowest BCUT2D eigenvalue weighted by Crippen LogP contribution is -2.36. The fourth-order valence-electron chi connectivity index (χ4n) is 3.50. The van der Waals surface area contributed by atoms with Gasteiger partial charge < -0.3 is 20.2 Å². The van der Waals surface area contributed by atoms with Crippen LogP contribution in [0, 0.1) is 0 Å². The summed E-state index contributed by atoms with van der Waals surface area (Å²) >= 11 is 0. The molecule has 2 heterocycles. The number of hydrogen-bond acceptors (Lipinski definition) is 5. The molecule has 1 aliphatic rings. The zero-order valence-corrected chi connectivity index (χ0v) is 19.3. The van der Waals surface area contributed by atoms with Crippen molar-refractivity contribution in [3.05, 3.63) is 53.2 Å². The van der Waals surface area contributed by atoms with Crippen LogP contribution in [-0.2, 0) is 25.0 Å². The third-order valence-corrected chi connectivity index (χ3v) is 5.45. The molecular weight excluding hydrogens is 390 g/mol. The summed E-state index contributed by atoms with van der Waals surface area (Å²) in [6, 6.07) is 8.64. The molecule has 170 valence electrons. The summed E-state index contributed by atoms with van der Waals surface area (Å²) in [6.45, 7) is 13.1. The SMILES string of the molecule is CCNC(=NCc1ccc(CN2CCC(O)CC2)cc1)NCc1ncc(C(C)(C)C)o1. The molecule has 0 aliphatic carbocycles. The maximum Gasteiger partial charge on any atom is 0.213 e. The molecule has 3 N–H and O–H groups in total. The number of guanidine groups is 1. The molecular formula is C24H37N5O2. The molecule has 31 heavy (non-hydrogen) atoms. The van der Waals surface area contributed by atoms with Gasteiger partial charge in [-0.05, 0) is 30.9 Å². The summed E-state index contributed by atoms with van der Waals surface area (Å²) in [6.07, 6.45) is 3.42. The molecule has 0 saturated carbocycles. The Morgan fingerprint density at radius 2 is 1.84 bits per heavy atom. The van der Waals surface area contributed by atoms with E-state index in [1.165, 1.54) is 11.1 Å². The minimum absolute atomic E-state index is 0.0503. The first kappa shape index (κ1) is 23.3. The first-order valence-electron chi connectivity index (χ1n) is 11.3. The van der Waals surface area contributed by atoms with Crippen LogP contribution in [0.4, 0.5) is 0 Å². The quantitative estimate of drug-likeness (QED) is 0.465. The third kappa shape index (κ3) is 7.36. The highest BCUT2D eigenvalue weighted by Crippen LogP contribution is 2.22. The zero-order chi connectivity index (χ0) is 22.3. The van der Waals surface area contributed by atoms with Crippen molar-refractivity contribution >= 4 is 5.96 Å². The van der Waals surface area contributed by atoms with Crippen LogP contribution in [-0.4, -0.2) is 46.7 Å². The van der Waals surface area contributed by atoms with Crippen LogP contribution in [0.15, 0.2) is 39.9 Å². The Morgan fingerprint density at radius 1 is 1.16 bits per heavy atom. The van der Waals surface area contributed by atoms with E-state index in [1.54, 1.807) is 6.20 Å². The van der Waals surface area contributed by atoms with E-state index < -0.39 is 0 Å². The summed E-state index contributed by atoms with van der Waals surface area (Å²) in [5.41, 5.74) is 2.42. The minimum atomic E-state index is -0.125. The molecule has 1 saturated heterocycles. The summed E-state index contributed by atoms with van der Waals surface area (Å²) in [4.78, 5) is 11.5. The van der Waals surface area contributed by atoms with E-state index in [-0.39, 0.29) is 11.5 Å². The number of rotatable bonds is 7. The van der Waals surface area contributed by atoms with E-state index in [0.717, 1.165) is 50.7 Å². The molecule has 1 aromatic heterocycles. The van der Waals surface area contributed by atoms with Crippen molar-refractivity contribution in [2.24, 2.45) is 4.99 Å². The Bertz CT molecular complexity index is 830. The molecule has 2 aromatic rings. The number of oxazole rings is 1. The number of nitrogens with zero attached hydrogens (tertiary/aromatic N) is 3. The first-order chi connectivity index (χ1) is 14.8. The number of hydrogen-bond donors (Lipinski definition) is 3. The summed E-state index contributed by atoms with van der Waals surface area (Å²) in [5, 5.41) is 16.2. The van der Waals surface area contributed by atoms with E-state index >= 15 is 0 Å². The van der Waals surface area contributed by atoms with Crippen LogP contribution in [0.5, 0.6) is 0 Å². The first-order valence-corrected chi connectivity index (χ1v) is 11.3. The molecule has 7 heteroatoms. The number of piperidine rings is 1. The lowest BCUT2D eigenvalue weighted by molar-refractivity contribution is 0.0792. The molecule has 0 bridgehead atoms. The molecule has 0 atom stereocenters. The van der Waals surface area contributed by atoms with Crippen molar-refractivity contribution < 1.29 is 9.52 Å². The lowest BCUT2D eigenvalue weighted by atomic mass is 9.94. The number of likely N-dealkylation sites (tertiary alicyclic amines) is 1. The van der Waals surface area contributed by atoms with Crippen molar-refractivity contribution in [3.63, 3.8) is 0 Å². The van der Waals surface area contributed by atoms with Gasteiger partial charge in [-0.15, -0.1) is 0 Å². The second kappa shape index (κ2) is 10.8. The number of nitrogens with one attached hydrogen (secondary N) is 2. The number of aliphatic imine (C=N–C) groups is 1. The zero-order valence-electron chi connectivity index (χ0n) is 19.3. The van der Waals surface area contributed by atoms with Gasteiger partial charge in [0.1, 0.15) is 5.76 Å². The Labute approximate surface area is 186 Å². The predicted octanol–water partition coefficient (Wildman–Crippen LogP) is 3.18. The molecule has 0 radical (unpaired) electrons. The van der Waals surface area contributed by atoms with Gasteiger partial charge in [-0.25, -0.2) is 9.98 Å². The topological polar surface area (TPSA) is 85.9 Å². The number of aliphatic hydroxyl groups excluding tert-OH is 1. The Morgan fingerprint density at radius 3 is 2.45 bits per heavy atom. The van der Waals surface area contributed by atoms with Gasteiger partial charge in [0.25, 0.3) is 0 Å².